The number of carbonyl (C=O) groups excluding carboxylic acids is 1. The van der Waals surface area contributed by atoms with E-state index < -0.39 is 11.8 Å². The van der Waals surface area contributed by atoms with Gasteiger partial charge in [-0.3, -0.25) is 0 Å². The first kappa shape index (κ1) is 16.0. The molecule has 2 aromatic heterocycles. The first-order valence-electron chi connectivity index (χ1n) is 8.01. The van der Waals surface area contributed by atoms with Crippen molar-refractivity contribution in [1.29, 1.82) is 0 Å². The summed E-state index contributed by atoms with van der Waals surface area (Å²) >= 11 is 0. The predicted octanol–water partition coefficient (Wildman–Crippen LogP) is 2.45. The Morgan fingerprint density at radius 1 is 1.27 bits per heavy atom. The number of rotatable bonds is 3. The molecule has 4 rings (SSSR count). The van der Waals surface area contributed by atoms with Gasteiger partial charge in [-0.2, -0.15) is 5.10 Å². The summed E-state index contributed by atoms with van der Waals surface area (Å²) < 4.78 is 20.6. The number of halogens is 1. The molecule has 3 aromatic rings. The average molecular weight is 354 g/mol. The number of hydrogen-bond acceptors (Lipinski definition) is 5. The van der Waals surface area contributed by atoms with Gasteiger partial charge in [0.2, 0.25) is 5.95 Å². The number of benzene rings is 1. The summed E-state index contributed by atoms with van der Waals surface area (Å²) in [6, 6.07) is 5.63. The molecule has 2 amide bonds. The van der Waals surface area contributed by atoms with Crippen LogP contribution in [0.15, 0.2) is 49.1 Å². The van der Waals surface area contributed by atoms with Crippen molar-refractivity contribution >= 4 is 11.7 Å². The molecule has 0 aliphatic carbocycles. The van der Waals surface area contributed by atoms with Crippen LogP contribution in [0.25, 0.3) is 5.95 Å². The smallest absolute Gasteiger partial charge is 0.319 e. The van der Waals surface area contributed by atoms with Crippen molar-refractivity contribution in [2.24, 2.45) is 0 Å². The molecule has 9 heteroatoms. The summed E-state index contributed by atoms with van der Waals surface area (Å²) in [6.07, 6.45) is 6.86. The third kappa shape index (κ3) is 3.18. The number of para-hydroxylation sites is 1. The number of fused-ring (bicyclic) bond motifs is 1. The van der Waals surface area contributed by atoms with E-state index in [1.807, 2.05) is 0 Å². The zero-order valence-corrected chi connectivity index (χ0v) is 13.6. The number of nitrogens with zero attached hydrogens (tertiary/aromatic N) is 4. The van der Waals surface area contributed by atoms with E-state index in [-0.39, 0.29) is 11.8 Å². The van der Waals surface area contributed by atoms with E-state index in [1.54, 1.807) is 36.8 Å². The van der Waals surface area contributed by atoms with E-state index in [4.69, 9.17) is 4.74 Å². The van der Waals surface area contributed by atoms with Crippen LogP contribution in [0.1, 0.15) is 18.0 Å². The molecule has 1 aliphatic heterocycles. The molecule has 8 nitrogen and oxygen atoms in total. The number of ether oxygens (including phenoxy) is 1. The Hall–Kier alpha value is -3.49. The van der Waals surface area contributed by atoms with Crippen LogP contribution in [-0.2, 0) is 0 Å². The maximum atomic E-state index is 13.8. The van der Waals surface area contributed by atoms with Crippen molar-refractivity contribution in [3.05, 3.63) is 60.4 Å². The van der Waals surface area contributed by atoms with Crippen LogP contribution >= 0.6 is 0 Å². The fourth-order valence-electron chi connectivity index (χ4n) is 2.77. The van der Waals surface area contributed by atoms with E-state index >= 15 is 0 Å². The van der Waals surface area contributed by atoms with Gasteiger partial charge in [-0.25, -0.2) is 23.8 Å². The van der Waals surface area contributed by atoms with Crippen molar-refractivity contribution in [2.45, 2.75) is 12.5 Å². The second-order valence-corrected chi connectivity index (χ2v) is 5.67. The number of hydrogen-bond donors (Lipinski definition) is 2. The van der Waals surface area contributed by atoms with Gasteiger partial charge < -0.3 is 15.4 Å². The molecule has 132 valence electrons. The molecule has 0 saturated heterocycles. The summed E-state index contributed by atoms with van der Waals surface area (Å²) in [5, 5.41) is 9.65. The standard InChI is InChI=1S/C17H15FN6O2/c18-13-4-1-3-12-14(5-8-26-15(12)13)23-17(25)22-11-9-21-24(10-11)16-19-6-2-7-20-16/h1-4,6-7,9-10,14H,5,8H2,(H2,22,23,25)/t14-/m0/s1. The van der Waals surface area contributed by atoms with E-state index in [0.29, 0.717) is 30.2 Å². The lowest BCUT2D eigenvalue weighted by Crippen LogP contribution is -2.35. The Morgan fingerprint density at radius 2 is 2.12 bits per heavy atom. The highest BCUT2D eigenvalue weighted by Gasteiger charge is 2.25. The van der Waals surface area contributed by atoms with Crippen molar-refractivity contribution in [1.82, 2.24) is 25.1 Å². The largest absolute Gasteiger partial charge is 0.490 e. The molecule has 0 spiro atoms. The quantitative estimate of drug-likeness (QED) is 0.753. The zero-order valence-electron chi connectivity index (χ0n) is 13.6. The van der Waals surface area contributed by atoms with Crippen LogP contribution in [0.5, 0.6) is 5.75 Å². The first-order chi connectivity index (χ1) is 12.7. The highest BCUT2D eigenvalue weighted by molar-refractivity contribution is 5.89. The number of anilines is 1. The number of urea groups is 1. The number of carbonyl (C=O) groups is 1. The fraction of sp³-hybridized carbons (Fsp3) is 0.176. The van der Waals surface area contributed by atoms with Gasteiger partial charge in [0.05, 0.1) is 30.7 Å². The Bertz CT molecular complexity index is 930. The van der Waals surface area contributed by atoms with Crippen LogP contribution in [0, 0.1) is 5.82 Å². The Balaban J connectivity index is 1.44. The molecule has 0 saturated carbocycles. The summed E-state index contributed by atoms with van der Waals surface area (Å²) in [5.41, 5.74) is 1.11. The summed E-state index contributed by atoms with van der Waals surface area (Å²) in [4.78, 5) is 20.5. The average Bonchev–Trinajstić information content (AvgIpc) is 3.12. The minimum atomic E-state index is -0.432. The Morgan fingerprint density at radius 3 is 2.96 bits per heavy atom. The van der Waals surface area contributed by atoms with Gasteiger partial charge in [0.1, 0.15) is 0 Å². The molecule has 0 fully saturated rings. The van der Waals surface area contributed by atoms with Gasteiger partial charge in [-0.15, -0.1) is 0 Å². The van der Waals surface area contributed by atoms with Crippen molar-refractivity contribution in [2.75, 3.05) is 11.9 Å². The van der Waals surface area contributed by atoms with E-state index in [2.05, 4.69) is 25.7 Å². The van der Waals surface area contributed by atoms with Crippen LogP contribution in [0.2, 0.25) is 0 Å². The van der Waals surface area contributed by atoms with Gasteiger partial charge >= 0.3 is 6.03 Å². The zero-order chi connectivity index (χ0) is 17.9. The lowest BCUT2D eigenvalue weighted by atomic mass is 10.0. The van der Waals surface area contributed by atoms with Crippen LogP contribution in [0.4, 0.5) is 14.9 Å². The molecule has 26 heavy (non-hydrogen) atoms. The molecule has 1 atom stereocenters. The molecular formula is C17H15FN6O2. The number of amides is 2. The minimum Gasteiger partial charge on any atom is -0.490 e. The summed E-state index contributed by atoms with van der Waals surface area (Å²) in [6.45, 7) is 0.335. The molecule has 0 radical (unpaired) electrons. The van der Waals surface area contributed by atoms with Crippen LogP contribution < -0.4 is 15.4 Å². The van der Waals surface area contributed by atoms with E-state index in [0.717, 1.165) is 0 Å². The second-order valence-electron chi connectivity index (χ2n) is 5.67. The molecular weight excluding hydrogens is 339 g/mol. The van der Waals surface area contributed by atoms with Crippen molar-refractivity contribution in [3.8, 4) is 11.7 Å². The molecule has 0 unspecified atom stereocenters. The fourth-order valence-corrected chi connectivity index (χ4v) is 2.77. The van der Waals surface area contributed by atoms with Gasteiger partial charge in [-0.1, -0.05) is 12.1 Å². The molecule has 3 heterocycles. The predicted molar refractivity (Wildman–Crippen MR) is 90.6 cm³/mol. The Kier molecular flexibility index (Phi) is 4.18. The molecule has 1 aliphatic rings. The van der Waals surface area contributed by atoms with E-state index in [1.165, 1.54) is 16.9 Å². The minimum absolute atomic E-state index is 0.193. The van der Waals surface area contributed by atoms with Gasteiger partial charge in [0, 0.05) is 24.4 Å². The maximum Gasteiger partial charge on any atom is 0.319 e. The lowest BCUT2D eigenvalue weighted by Gasteiger charge is -2.26. The van der Waals surface area contributed by atoms with Gasteiger partial charge in [-0.05, 0) is 12.1 Å². The van der Waals surface area contributed by atoms with E-state index in [9.17, 15) is 9.18 Å². The van der Waals surface area contributed by atoms with Crippen LogP contribution in [-0.4, -0.2) is 32.4 Å². The monoisotopic (exact) mass is 354 g/mol. The van der Waals surface area contributed by atoms with Gasteiger partial charge in [0.25, 0.3) is 0 Å². The normalized spacial score (nSPS) is 15.7. The molecule has 1 aromatic carbocycles. The second kappa shape index (κ2) is 6.79. The topological polar surface area (TPSA) is 94.0 Å². The number of aromatic nitrogens is 4. The third-order valence-electron chi connectivity index (χ3n) is 3.93. The first-order valence-corrected chi connectivity index (χ1v) is 8.01. The molecule has 2 N–H and O–H groups in total. The molecule has 0 bridgehead atoms. The lowest BCUT2D eigenvalue weighted by molar-refractivity contribution is 0.227. The van der Waals surface area contributed by atoms with Crippen molar-refractivity contribution < 1.29 is 13.9 Å². The Labute approximate surface area is 148 Å². The van der Waals surface area contributed by atoms with Gasteiger partial charge in [0.15, 0.2) is 11.6 Å². The highest BCUT2D eigenvalue weighted by Crippen LogP contribution is 2.33. The third-order valence-corrected chi connectivity index (χ3v) is 3.93. The summed E-state index contributed by atoms with van der Waals surface area (Å²) in [5.74, 6) is 0.159. The van der Waals surface area contributed by atoms with Crippen molar-refractivity contribution in [3.63, 3.8) is 0 Å². The SMILES string of the molecule is O=C(Nc1cnn(-c2ncccn2)c1)N[C@H]1CCOc2c(F)cccc21. The summed E-state index contributed by atoms with van der Waals surface area (Å²) in [7, 11) is 0. The van der Waals surface area contributed by atoms with Crippen LogP contribution in [0.3, 0.4) is 0 Å². The number of nitrogens with one attached hydrogen (secondary N) is 2. The maximum absolute atomic E-state index is 13.8. The highest BCUT2D eigenvalue weighted by atomic mass is 19.1.